The lowest BCUT2D eigenvalue weighted by atomic mass is 10.0. The standard InChI is InChI=1S/C29H32ClN5O5/c1-17(18-4-3-5-22(12-18)39-2)32-27(37)25(16-36)35-15-20-7-6-19(13-23(20)28(35)38)26-24(30)14-31-29(34-26)33-21-8-10-40-11-9-21/h3-7,12-14,17,21,25,36H,8-11,15-16H2,1-2H3,(H,32,37)(H,31,33,34)/t17-,25+/m0/s1. The van der Waals surface area contributed by atoms with Gasteiger partial charge in [0.15, 0.2) is 0 Å². The van der Waals surface area contributed by atoms with Gasteiger partial charge in [-0.1, -0.05) is 35.9 Å². The van der Waals surface area contributed by atoms with Crippen molar-refractivity contribution in [1.29, 1.82) is 0 Å². The van der Waals surface area contributed by atoms with Gasteiger partial charge in [0.05, 0.1) is 36.7 Å². The second-order valence-electron chi connectivity index (χ2n) is 9.93. The highest BCUT2D eigenvalue weighted by Crippen LogP contribution is 2.32. The molecule has 0 spiro atoms. The Kier molecular flexibility index (Phi) is 8.49. The lowest BCUT2D eigenvalue weighted by Crippen LogP contribution is -2.49. The molecule has 5 rings (SSSR count). The first-order valence-electron chi connectivity index (χ1n) is 13.2. The van der Waals surface area contributed by atoms with Crippen molar-refractivity contribution < 1.29 is 24.2 Å². The summed E-state index contributed by atoms with van der Waals surface area (Å²) in [6.07, 6.45) is 3.27. The highest BCUT2D eigenvalue weighted by Gasteiger charge is 2.37. The molecule has 0 aliphatic carbocycles. The maximum absolute atomic E-state index is 13.5. The van der Waals surface area contributed by atoms with E-state index in [0.29, 0.717) is 46.8 Å². The van der Waals surface area contributed by atoms with Crippen LogP contribution in [0, 0.1) is 0 Å². The molecule has 2 aliphatic rings. The Morgan fingerprint density at radius 1 is 1.25 bits per heavy atom. The number of fused-ring (bicyclic) bond motifs is 1. The minimum Gasteiger partial charge on any atom is -0.497 e. The van der Waals surface area contributed by atoms with Crippen molar-refractivity contribution in [1.82, 2.24) is 20.2 Å². The van der Waals surface area contributed by atoms with Crippen molar-refractivity contribution in [2.45, 2.75) is 44.4 Å². The van der Waals surface area contributed by atoms with E-state index < -0.39 is 18.6 Å². The SMILES string of the molecule is COc1cccc([C@H](C)NC(=O)[C@@H](CO)N2Cc3ccc(-c4nc(NC5CCOCC5)ncc4Cl)cc3C2=O)c1. The number of benzene rings is 2. The lowest BCUT2D eigenvalue weighted by molar-refractivity contribution is -0.127. The van der Waals surface area contributed by atoms with E-state index in [1.807, 2.05) is 43.3 Å². The van der Waals surface area contributed by atoms with Gasteiger partial charge in [0.2, 0.25) is 11.9 Å². The molecule has 210 valence electrons. The second-order valence-corrected chi connectivity index (χ2v) is 10.3. The number of halogens is 1. The molecule has 1 aromatic heterocycles. The van der Waals surface area contributed by atoms with E-state index in [1.165, 1.54) is 4.90 Å². The number of amides is 2. The van der Waals surface area contributed by atoms with Gasteiger partial charge in [-0.2, -0.15) is 0 Å². The highest BCUT2D eigenvalue weighted by molar-refractivity contribution is 6.33. The number of methoxy groups -OCH3 is 1. The summed E-state index contributed by atoms with van der Waals surface area (Å²) in [5, 5.41) is 16.7. The Labute approximate surface area is 237 Å². The molecule has 3 N–H and O–H groups in total. The number of anilines is 1. The Hall–Kier alpha value is -3.73. The molecule has 3 aromatic rings. The largest absolute Gasteiger partial charge is 0.497 e. The fourth-order valence-corrected chi connectivity index (χ4v) is 5.21. The Morgan fingerprint density at radius 3 is 2.80 bits per heavy atom. The molecule has 2 amide bonds. The number of aliphatic hydroxyl groups excluding tert-OH is 1. The summed E-state index contributed by atoms with van der Waals surface area (Å²) in [5.41, 5.74) is 3.21. The zero-order valence-electron chi connectivity index (χ0n) is 22.4. The summed E-state index contributed by atoms with van der Waals surface area (Å²) in [4.78, 5) is 37.0. The van der Waals surface area contributed by atoms with E-state index in [0.717, 1.165) is 24.0 Å². The number of nitrogens with one attached hydrogen (secondary N) is 2. The number of aromatic nitrogens is 2. The van der Waals surface area contributed by atoms with E-state index in [1.54, 1.807) is 19.4 Å². The molecule has 0 radical (unpaired) electrons. The zero-order chi connectivity index (χ0) is 28.2. The van der Waals surface area contributed by atoms with Crippen LogP contribution in [0.4, 0.5) is 5.95 Å². The van der Waals surface area contributed by atoms with Crippen molar-refractivity contribution in [3.05, 3.63) is 70.4 Å². The molecule has 0 bridgehead atoms. The van der Waals surface area contributed by atoms with Crippen LogP contribution < -0.4 is 15.4 Å². The predicted octanol–water partition coefficient (Wildman–Crippen LogP) is 3.59. The van der Waals surface area contributed by atoms with Gasteiger partial charge < -0.3 is 30.1 Å². The highest BCUT2D eigenvalue weighted by atomic mass is 35.5. The van der Waals surface area contributed by atoms with Gasteiger partial charge in [-0.15, -0.1) is 0 Å². The first kappa shape index (κ1) is 27.8. The van der Waals surface area contributed by atoms with Crippen LogP contribution >= 0.6 is 11.6 Å². The smallest absolute Gasteiger partial charge is 0.255 e. The molecule has 1 saturated heterocycles. The maximum atomic E-state index is 13.5. The van der Waals surface area contributed by atoms with Crippen LogP contribution in [0.25, 0.3) is 11.3 Å². The molecule has 2 aromatic carbocycles. The molecular formula is C29H32ClN5O5. The third-order valence-electron chi connectivity index (χ3n) is 7.32. The third kappa shape index (κ3) is 5.89. The van der Waals surface area contributed by atoms with Gasteiger partial charge in [0.1, 0.15) is 11.8 Å². The van der Waals surface area contributed by atoms with Gasteiger partial charge in [0, 0.05) is 36.9 Å². The molecule has 3 heterocycles. The van der Waals surface area contributed by atoms with Crippen molar-refractivity contribution >= 4 is 29.4 Å². The number of hydrogen-bond acceptors (Lipinski definition) is 8. The molecule has 2 atom stereocenters. The average Bonchev–Trinajstić information content (AvgIpc) is 3.30. The van der Waals surface area contributed by atoms with E-state index >= 15 is 0 Å². The summed E-state index contributed by atoms with van der Waals surface area (Å²) in [5.74, 6) is 0.350. The first-order chi connectivity index (χ1) is 19.4. The number of ether oxygens (including phenoxy) is 2. The Balaban J connectivity index is 1.32. The average molecular weight is 566 g/mol. The van der Waals surface area contributed by atoms with Gasteiger partial charge in [-0.3, -0.25) is 9.59 Å². The number of aliphatic hydroxyl groups is 1. The normalized spacial score (nSPS) is 16.8. The number of nitrogens with zero attached hydrogens (tertiary/aromatic N) is 3. The van der Waals surface area contributed by atoms with Crippen LogP contribution in [0.5, 0.6) is 5.75 Å². The zero-order valence-corrected chi connectivity index (χ0v) is 23.1. The van der Waals surface area contributed by atoms with Gasteiger partial charge in [-0.25, -0.2) is 9.97 Å². The number of hydrogen-bond donors (Lipinski definition) is 3. The summed E-state index contributed by atoms with van der Waals surface area (Å²) >= 11 is 6.46. The fraction of sp³-hybridized carbons (Fsp3) is 0.379. The number of rotatable bonds is 9. The van der Waals surface area contributed by atoms with Crippen molar-refractivity contribution in [3.63, 3.8) is 0 Å². The van der Waals surface area contributed by atoms with Crippen molar-refractivity contribution in [2.75, 3.05) is 32.2 Å². The van der Waals surface area contributed by atoms with E-state index in [9.17, 15) is 14.7 Å². The minimum atomic E-state index is -1.05. The first-order valence-corrected chi connectivity index (χ1v) is 13.6. The topological polar surface area (TPSA) is 126 Å². The van der Waals surface area contributed by atoms with Crippen LogP contribution in [-0.4, -0.2) is 70.8 Å². The second kappa shape index (κ2) is 12.2. The molecule has 40 heavy (non-hydrogen) atoms. The van der Waals surface area contributed by atoms with Gasteiger partial charge >= 0.3 is 0 Å². The molecule has 11 heteroatoms. The van der Waals surface area contributed by atoms with Gasteiger partial charge in [-0.05, 0) is 49.1 Å². The summed E-state index contributed by atoms with van der Waals surface area (Å²) in [6, 6.07) is 11.6. The van der Waals surface area contributed by atoms with Crippen molar-refractivity contribution in [2.24, 2.45) is 0 Å². The molecular weight excluding hydrogens is 534 g/mol. The molecule has 0 saturated carbocycles. The van der Waals surface area contributed by atoms with Crippen LogP contribution in [0.2, 0.25) is 5.02 Å². The van der Waals surface area contributed by atoms with Crippen LogP contribution in [0.3, 0.4) is 0 Å². The van der Waals surface area contributed by atoms with E-state index in [4.69, 9.17) is 21.1 Å². The minimum absolute atomic E-state index is 0.203. The van der Waals surface area contributed by atoms with Crippen LogP contribution in [-0.2, 0) is 16.1 Å². The van der Waals surface area contributed by atoms with Crippen LogP contribution in [0.15, 0.2) is 48.7 Å². The monoisotopic (exact) mass is 565 g/mol. The molecule has 2 aliphatic heterocycles. The van der Waals surface area contributed by atoms with Crippen molar-refractivity contribution in [3.8, 4) is 17.0 Å². The fourth-order valence-electron chi connectivity index (χ4n) is 5.01. The summed E-state index contributed by atoms with van der Waals surface area (Å²) in [7, 11) is 1.58. The summed E-state index contributed by atoms with van der Waals surface area (Å²) < 4.78 is 10.7. The van der Waals surface area contributed by atoms with E-state index in [-0.39, 0.29) is 24.5 Å². The lowest BCUT2D eigenvalue weighted by Gasteiger charge is -2.27. The quantitative estimate of drug-likeness (QED) is 0.359. The Morgan fingerprint density at radius 2 is 2.05 bits per heavy atom. The maximum Gasteiger partial charge on any atom is 0.255 e. The molecule has 0 unspecified atom stereocenters. The molecule has 1 fully saturated rings. The van der Waals surface area contributed by atoms with Crippen LogP contribution in [0.1, 0.15) is 47.3 Å². The number of carbonyl (C=O) groups excluding carboxylic acids is 2. The van der Waals surface area contributed by atoms with E-state index in [2.05, 4.69) is 20.6 Å². The van der Waals surface area contributed by atoms with Gasteiger partial charge in [0.25, 0.3) is 5.91 Å². The third-order valence-corrected chi connectivity index (χ3v) is 7.59. The molecule has 10 nitrogen and oxygen atoms in total. The Bertz CT molecular complexity index is 1400. The summed E-state index contributed by atoms with van der Waals surface area (Å²) in [6.45, 7) is 2.91. The number of carbonyl (C=O) groups is 2. The predicted molar refractivity (Wildman–Crippen MR) is 150 cm³/mol.